The van der Waals surface area contributed by atoms with Crippen molar-refractivity contribution in [3.8, 4) is 11.5 Å². The van der Waals surface area contributed by atoms with Crippen molar-refractivity contribution in [1.82, 2.24) is 0 Å². The molecular weight excluding hydrogens is 251 g/mol. The molecule has 1 aromatic rings. The summed E-state index contributed by atoms with van der Waals surface area (Å²) in [5, 5.41) is 9.44. The lowest BCUT2D eigenvalue weighted by molar-refractivity contribution is -0.274. The van der Waals surface area contributed by atoms with Crippen LogP contribution in [-0.4, -0.2) is 17.4 Å². The van der Waals surface area contributed by atoms with Crippen molar-refractivity contribution < 1.29 is 27.8 Å². The summed E-state index contributed by atoms with van der Waals surface area (Å²) < 4.78 is 39.3. The van der Waals surface area contributed by atoms with Crippen LogP contribution in [-0.2, 0) is 4.79 Å². The Labute approximate surface area is 100 Å². The van der Waals surface area contributed by atoms with Gasteiger partial charge in [-0.2, -0.15) is 0 Å². The summed E-state index contributed by atoms with van der Waals surface area (Å²) >= 11 is 0. The van der Waals surface area contributed by atoms with Gasteiger partial charge in [-0.3, -0.25) is 4.79 Å². The molecule has 0 fully saturated rings. The minimum atomic E-state index is -4.81. The van der Waals surface area contributed by atoms with Gasteiger partial charge in [0.1, 0.15) is 11.5 Å². The predicted molar refractivity (Wildman–Crippen MR) is 57.6 cm³/mol. The van der Waals surface area contributed by atoms with Crippen molar-refractivity contribution in [3.63, 3.8) is 0 Å². The van der Waals surface area contributed by atoms with Gasteiger partial charge in [0.05, 0.1) is 0 Å². The van der Waals surface area contributed by atoms with Crippen molar-refractivity contribution in [2.24, 2.45) is 5.73 Å². The number of carbonyl (C=O) groups is 1. The molecule has 4 nitrogen and oxygen atoms in total. The molecular formula is C11H10F3NO3. The zero-order valence-electron chi connectivity index (χ0n) is 9.07. The van der Waals surface area contributed by atoms with Crippen molar-refractivity contribution in [2.45, 2.75) is 12.8 Å². The number of nitrogens with two attached hydrogens (primary N) is 1. The summed E-state index contributed by atoms with van der Waals surface area (Å²) in [5.41, 5.74) is 5.15. The summed E-state index contributed by atoms with van der Waals surface area (Å²) in [4.78, 5) is 10.4. The standard InChI is InChI=1S/C11H10F3NO3/c12-11(13,14)18-8-5-4-7(9(16)6-8)2-1-3-10(15)17/h1-2,4-6,16H,3H2,(H2,15,17). The van der Waals surface area contributed by atoms with Crippen molar-refractivity contribution >= 4 is 12.0 Å². The van der Waals surface area contributed by atoms with Crippen LogP contribution in [0.5, 0.6) is 11.5 Å². The maximum atomic E-state index is 11.9. The zero-order valence-corrected chi connectivity index (χ0v) is 9.07. The Morgan fingerprint density at radius 1 is 1.44 bits per heavy atom. The maximum absolute atomic E-state index is 11.9. The lowest BCUT2D eigenvalue weighted by atomic mass is 10.1. The van der Waals surface area contributed by atoms with E-state index in [2.05, 4.69) is 4.74 Å². The summed E-state index contributed by atoms with van der Waals surface area (Å²) in [6.07, 6.45) is -2.07. The average Bonchev–Trinajstić information content (AvgIpc) is 2.18. The molecule has 0 heterocycles. The van der Waals surface area contributed by atoms with Crippen LogP contribution in [0, 0.1) is 0 Å². The highest BCUT2D eigenvalue weighted by Crippen LogP contribution is 2.28. The molecule has 0 aromatic heterocycles. The Hall–Kier alpha value is -2.18. The molecule has 0 saturated carbocycles. The highest BCUT2D eigenvalue weighted by atomic mass is 19.4. The number of amides is 1. The minimum Gasteiger partial charge on any atom is -0.507 e. The van der Waals surface area contributed by atoms with Crippen LogP contribution < -0.4 is 10.5 Å². The highest BCUT2D eigenvalue weighted by Gasteiger charge is 2.31. The second-order valence-corrected chi connectivity index (χ2v) is 3.34. The van der Waals surface area contributed by atoms with E-state index in [1.54, 1.807) is 0 Å². The molecule has 0 radical (unpaired) electrons. The number of hydrogen-bond donors (Lipinski definition) is 2. The number of benzene rings is 1. The number of rotatable bonds is 4. The van der Waals surface area contributed by atoms with Crippen LogP contribution in [0.2, 0.25) is 0 Å². The molecule has 0 bridgehead atoms. The predicted octanol–water partition coefficient (Wildman–Crippen LogP) is 2.18. The first kappa shape index (κ1) is 13.9. The molecule has 0 saturated heterocycles. The lowest BCUT2D eigenvalue weighted by Crippen LogP contribution is -2.17. The van der Waals surface area contributed by atoms with Crippen LogP contribution in [0.3, 0.4) is 0 Å². The SMILES string of the molecule is NC(=O)CC=Cc1ccc(OC(F)(F)F)cc1O. The third kappa shape index (κ3) is 4.77. The van der Waals surface area contributed by atoms with Crippen molar-refractivity contribution in [2.75, 3.05) is 0 Å². The van der Waals surface area contributed by atoms with Gasteiger partial charge in [-0.15, -0.1) is 13.2 Å². The Bertz CT molecular complexity index is 469. The fraction of sp³-hybridized carbons (Fsp3) is 0.182. The number of aromatic hydroxyl groups is 1. The van der Waals surface area contributed by atoms with E-state index in [9.17, 15) is 23.1 Å². The number of ether oxygens (including phenoxy) is 1. The molecule has 1 aromatic carbocycles. The largest absolute Gasteiger partial charge is 0.573 e. The molecule has 0 unspecified atom stereocenters. The number of primary amides is 1. The van der Waals surface area contributed by atoms with E-state index in [1.165, 1.54) is 18.2 Å². The Balaban J connectivity index is 2.80. The first-order valence-electron chi connectivity index (χ1n) is 4.81. The van der Waals surface area contributed by atoms with Gasteiger partial charge in [0.25, 0.3) is 0 Å². The second kappa shape index (κ2) is 5.44. The van der Waals surface area contributed by atoms with E-state index in [1.807, 2.05) is 0 Å². The van der Waals surface area contributed by atoms with Crippen LogP contribution >= 0.6 is 0 Å². The van der Waals surface area contributed by atoms with Gasteiger partial charge in [-0.1, -0.05) is 12.2 Å². The second-order valence-electron chi connectivity index (χ2n) is 3.34. The van der Waals surface area contributed by atoms with E-state index in [-0.39, 0.29) is 12.0 Å². The molecule has 1 amide bonds. The topological polar surface area (TPSA) is 72.6 Å². The zero-order chi connectivity index (χ0) is 13.8. The molecule has 0 aliphatic carbocycles. The number of halogens is 3. The molecule has 18 heavy (non-hydrogen) atoms. The van der Waals surface area contributed by atoms with E-state index in [0.29, 0.717) is 0 Å². The van der Waals surface area contributed by atoms with Crippen LogP contribution in [0.25, 0.3) is 6.08 Å². The van der Waals surface area contributed by atoms with Crippen molar-refractivity contribution in [1.29, 1.82) is 0 Å². The highest BCUT2D eigenvalue weighted by molar-refractivity contribution is 5.76. The van der Waals surface area contributed by atoms with Gasteiger partial charge in [0.15, 0.2) is 0 Å². The number of phenolic OH excluding ortho intramolecular Hbond substituents is 1. The lowest BCUT2D eigenvalue weighted by Gasteiger charge is -2.09. The fourth-order valence-corrected chi connectivity index (χ4v) is 1.16. The molecule has 0 atom stereocenters. The number of hydrogen-bond acceptors (Lipinski definition) is 3. The Kier molecular flexibility index (Phi) is 4.19. The summed E-state index contributed by atoms with van der Waals surface area (Å²) in [7, 11) is 0. The van der Waals surface area contributed by atoms with Gasteiger partial charge in [0, 0.05) is 18.1 Å². The van der Waals surface area contributed by atoms with Crippen LogP contribution in [0.1, 0.15) is 12.0 Å². The van der Waals surface area contributed by atoms with E-state index >= 15 is 0 Å². The average molecular weight is 261 g/mol. The molecule has 0 aliphatic heterocycles. The Morgan fingerprint density at radius 2 is 2.11 bits per heavy atom. The van der Waals surface area contributed by atoms with E-state index in [4.69, 9.17) is 5.73 Å². The first-order valence-corrected chi connectivity index (χ1v) is 4.81. The van der Waals surface area contributed by atoms with Gasteiger partial charge >= 0.3 is 6.36 Å². The summed E-state index contributed by atoms with van der Waals surface area (Å²) in [5.74, 6) is -1.47. The number of carbonyl (C=O) groups excluding carboxylic acids is 1. The fourth-order valence-electron chi connectivity index (χ4n) is 1.16. The Morgan fingerprint density at radius 3 is 2.61 bits per heavy atom. The molecule has 0 spiro atoms. The molecule has 1 rings (SSSR count). The molecule has 3 N–H and O–H groups in total. The monoisotopic (exact) mass is 261 g/mol. The number of alkyl halides is 3. The van der Waals surface area contributed by atoms with Crippen LogP contribution in [0.15, 0.2) is 24.3 Å². The maximum Gasteiger partial charge on any atom is 0.573 e. The van der Waals surface area contributed by atoms with Gasteiger partial charge in [0.2, 0.25) is 5.91 Å². The smallest absolute Gasteiger partial charge is 0.507 e. The summed E-state index contributed by atoms with van der Waals surface area (Å²) in [6.45, 7) is 0. The van der Waals surface area contributed by atoms with Gasteiger partial charge in [-0.25, -0.2) is 0 Å². The molecule has 98 valence electrons. The molecule has 7 heteroatoms. The first-order chi connectivity index (χ1) is 8.28. The number of phenols is 1. The van der Waals surface area contributed by atoms with Crippen molar-refractivity contribution in [3.05, 3.63) is 29.8 Å². The van der Waals surface area contributed by atoms with Gasteiger partial charge < -0.3 is 15.6 Å². The third-order valence-electron chi connectivity index (χ3n) is 1.85. The van der Waals surface area contributed by atoms with Gasteiger partial charge in [-0.05, 0) is 12.1 Å². The quantitative estimate of drug-likeness (QED) is 0.872. The normalized spacial score (nSPS) is 11.7. The third-order valence-corrected chi connectivity index (χ3v) is 1.85. The van der Waals surface area contributed by atoms with E-state index in [0.717, 1.165) is 12.1 Å². The summed E-state index contributed by atoms with van der Waals surface area (Å²) in [6, 6.07) is 3.11. The van der Waals surface area contributed by atoms with E-state index < -0.39 is 23.8 Å². The molecule has 0 aliphatic rings. The minimum absolute atomic E-state index is 0.0275. The van der Waals surface area contributed by atoms with Crippen LogP contribution in [0.4, 0.5) is 13.2 Å².